The number of aliphatic hydroxyl groups excluding tert-OH is 3. The molecule has 0 bridgehead atoms. The van der Waals surface area contributed by atoms with Crippen molar-refractivity contribution in [1.29, 1.82) is 0 Å². The molecule has 0 aliphatic carbocycles. The van der Waals surface area contributed by atoms with Gasteiger partial charge in [-0.05, 0) is 18.4 Å². The Balaban J connectivity index is 2.12. The van der Waals surface area contributed by atoms with Gasteiger partial charge in [0.15, 0.2) is 5.78 Å². The maximum Gasteiger partial charge on any atom is 0.189 e. The topological polar surface area (TPSA) is 87.0 Å². The minimum atomic E-state index is -1.51. The molecular weight excluding hydrogens is 248 g/mol. The molecule has 0 amide bonds. The molecule has 1 aromatic rings. The monoisotopic (exact) mass is 268 g/mol. The average Bonchev–Trinajstić information content (AvgIpc) is 2.46. The smallest absolute Gasteiger partial charge is 0.189 e. The van der Waals surface area contributed by atoms with Crippen LogP contribution < -0.4 is 0 Å². The van der Waals surface area contributed by atoms with Gasteiger partial charge in [-0.2, -0.15) is 0 Å². The standard InChI is InChI=1S/C14H20O5/c15-9-13(17)14(18)12(16)7-4-8-19-10-11-5-2-1-3-6-11/h1-3,5-6,12,14-16,18H,4,7-10H2/t12-,14+/m1/s1. The third-order valence-electron chi connectivity index (χ3n) is 2.75. The van der Waals surface area contributed by atoms with E-state index in [0.717, 1.165) is 5.56 Å². The highest BCUT2D eigenvalue weighted by Gasteiger charge is 2.22. The molecule has 0 fully saturated rings. The lowest BCUT2D eigenvalue weighted by Gasteiger charge is -2.15. The fraction of sp³-hybridized carbons (Fsp3) is 0.500. The van der Waals surface area contributed by atoms with Gasteiger partial charge >= 0.3 is 0 Å². The second-order valence-electron chi connectivity index (χ2n) is 4.32. The molecule has 2 atom stereocenters. The summed E-state index contributed by atoms with van der Waals surface area (Å²) in [7, 11) is 0. The molecule has 106 valence electrons. The summed E-state index contributed by atoms with van der Waals surface area (Å²) in [6.45, 7) is 0.170. The molecule has 0 spiro atoms. The van der Waals surface area contributed by atoms with Crippen molar-refractivity contribution in [3.8, 4) is 0 Å². The average molecular weight is 268 g/mol. The first kappa shape index (κ1) is 15.8. The van der Waals surface area contributed by atoms with Gasteiger partial charge in [0.2, 0.25) is 0 Å². The normalized spacial score (nSPS) is 14.1. The summed E-state index contributed by atoms with van der Waals surface area (Å²) in [5.41, 5.74) is 1.07. The Labute approximate surface area is 112 Å². The minimum Gasteiger partial charge on any atom is -0.390 e. The van der Waals surface area contributed by atoms with Crippen LogP contribution >= 0.6 is 0 Å². The fourth-order valence-corrected chi connectivity index (χ4v) is 1.62. The molecule has 0 saturated heterocycles. The van der Waals surface area contributed by atoms with Crippen LogP contribution in [0.4, 0.5) is 0 Å². The number of aliphatic hydroxyl groups is 3. The van der Waals surface area contributed by atoms with E-state index in [0.29, 0.717) is 19.6 Å². The summed E-state index contributed by atoms with van der Waals surface area (Å²) >= 11 is 0. The molecule has 0 aliphatic rings. The van der Waals surface area contributed by atoms with Gasteiger partial charge in [0.05, 0.1) is 12.7 Å². The molecule has 0 aliphatic heterocycles. The third kappa shape index (κ3) is 5.94. The van der Waals surface area contributed by atoms with Crippen molar-refractivity contribution in [2.75, 3.05) is 13.2 Å². The van der Waals surface area contributed by atoms with Crippen molar-refractivity contribution < 1.29 is 24.9 Å². The molecular formula is C14H20O5. The predicted molar refractivity (Wildman–Crippen MR) is 69.4 cm³/mol. The van der Waals surface area contributed by atoms with Gasteiger partial charge < -0.3 is 20.1 Å². The number of ether oxygens (including phenoxy) is 1. The first-order valence-corrected chi connectivity index (χ1v) is 6.26. The second-order valence-corrected chi connectivity index (χ2v) is 4.32. The first-order valence-electron chi connectivity index (χ1n) is 6.26. The van der Waals surface area contributed by atoms with E-state index in [2.05, 4.69) is 0 Å². The third-order valence-corrected chi connectivity index (χ3v) is 2.75. The Bertz CT molecular complexity index is 365. The quantitative estimate of drug-likeness (QED) is 0.559. The summed E-state index contributed by atoms with van der Waals surface area (Å²) in [4.78, 5) is 10.9. The molecule has 3 N–H and O–H groups in total. The van der Waals surface area contributed by atoms with Crippen LogP contribution in [0.3, 0.4) is 0 Å². The van der Waals surface area contributed by atoms with Crippen LogP contribution in [0.15, 0.2) is 30.3 Å². The van der Waals surface area contributed by atoms with Crippen molar-refractivity contribution in [2.45, 2.75) is 31.7 Å². The highest BCUT2D eigenvalue weighted by Crippen LogP contribution is 2.06. The second kappa shape index (κ2) is 8.77. The molecule has 19 heavy (non-hydrogen) atoms. The number of Topliss-reactive ketones (excluding diaryl/α,β-unsaturated/α-hetero) is 1. The Morgan fingerprint density at radius 1 is 1.21 bits per heavy atom. The number of hydrogen-bond donors (Lipinski definition) is 3. The van der Waals surface area contributed by atoms with E-state index in [1.54, 1.807) is 0 Å². The van der Waals surface area contributed by atoms with Crippen molar-refractivity contribution in [1.82, 2.24) is 0 Å². The van der Waals surface area contributed by atoms with E-state index in [-0.39, 0.29) is 6.42 Å². The van der Waals surface area contributed by atoms with Gasteiger partial charge in [-0.15, -0.1) is 0 Å². The summed E-state index contributed by atoms with van der Waals surface area (Å²) in [5, 5.41) is 27.4. The molecule has 0 aromatic heterocycles. The van der Waals surface area contributed by atoms with Gasteiger partial charge in [0, 0.05) is 6.61 Å². The van der Waals surface area contributed by atoms with E-state index < -0.39 is 24.6 Å². The molecule has 0 saturated carbocycles. The molecule has 0 heterocycles. The lowest BCUT2D eigenvalue weighted by atomic mass is 10.1. The maximum atomic E-state index is 10.9. The number of rotatable bonds is 9. The van der Waals surface area contributed by atoms with Gasteiger partial charge in [-0.3, -0.25) is 4.79 Å². The highest BCUT2D eigenvalue weighted by molar-refractivity contribution is 5.84. The summed E-state index contributed by atoms with van der Waals surface area (Å²) in [5.74, 6) is -0.766. The van der Waals surface area contributed by atoms with Crippen LogP contribution in [-0.2, 0) is 16.1 Å². The Morgan fingerprint density at radius 3 is 2.53 bits per heavy atom. The Morgan fingerprint density at radius 2 is 1.89 bits per heavy atom. The van der Waals surface area contributed by atoms with E-state index in [4.69, 9.17) is 9.84 Å². The zero-order chi connectivity index (χ0) is 14.1. The summed E-state index contributed by atoms with van der Waals surface area (Å²) < 4.78 is 5.41. The Hall–Kier alpha value is -1.27. The van der Waals surface area contributed by atoms with Crippen LogP contribution in [0.25, 0.3) is 0 Å². The van der Waals surface area contributed by atoms with E-state index in [9.17, 15) is 15.0 Å². The van der Waals surface area contributed by atoms with E-state index in [1.807, 2.05) is 30.3 Å². The zero-order valence-electron chi connectivity index (χ0n) is 10.7. The van der Waals surface area contributed by atoms with Gasteiger partial charge in [0.25, 0.3) is 0 Å². The van der Waals surface area contributed by atoms with Crippen molar-refractivity contribution in [3.05, 3.63) is 35.9 Å². The van der Waals surface area contributed by atoms with E-state index in [1.165, 1.54) is 0 Å². The minimum absolute atomic E-state index is 0.252. The van der Waals surface area contributed by atoms with Crippen molar-refractivity contribution in [2.24, 2.45) is 0 Å². The molecule has 0 unspecified atom stereocenters. The zero-order valence-corrected chi connectivity index (χ0v) is 10.7. The lowest BCUT2D eigenvalue weighted by molar-refractivity contribution is -0.136. The lowest BCUT2D eigenvalue weighted by Crippen LogP contribution is -2.35. The van der Waals surface area contributed by atoms with Crippen LogP contribution in [0.1, 0.15) is 18.4 Å². The molecule has 5 heteroatoms. The van der Waals surface area contributed by atoms with E-state index >= 15 is 0 Å². The molecule has 1 aromatic carbocycles. The number of carbonyl (C=O) groups is 1. The number of hydrogen-bond acceptors (Lipinski definition) is 5. The molecule has 1 rings (SSSR count). The van der Waals surface area contributed by atoms with Gasteiger partial charge in [0.1, 0.15) is 12.7 Å². The maximum absolute atomic E-state index is 10.9. The fourth-order valence-electron chi connectivity index (χ4n) is 1.62. The van der Waals surface area contributed by atoms with Crippen LogP contribution in [0, 0.1) is 0 Å². The van der Waals surface area contributed by atoms with Crippen molar-refractivity contribution >= 4 is 5.78 Å². The summed E-state index contributed by atoms with van der Waals surface area (Å²) in [6.07, 6.45) is -1.88. The predicted octanol–water partition coefficient (Wildman–Crippen LogP) is 0.267. The van der Waals surface area contributed by atoms with Crippen LogP contribution in [0.2, 0.25) is 0 Å². The number of ketones is 1. The first-order chi connectivity index (χ1) is 9.15. The van der Waals surface area contributed by atoms with Crippen molar-refractivity contribution in [3.63, 3.8) is 0 Å². The molecule has 5 nitrogen and oxygen atoms in total. The molecule has 0 radical (unpaired) electrons. The number of benzene rings is 1. The van der Waals surface area contributed by atoms with Crippen LogP contribution in [0.5, 0.6) is 0 Å². The number of carbonyl (C=O) groups excluding carboxylic acids is 1. The van der Waals surface area contributed by atoms with Crippen LogP contribution in [-0.4, -0.2) is 46.5 Å². The van der Waals surface area contributed by atoms with Gasteiger partial charge in [-0.25, -0.2) is 0 Å². The summed E-state index contributed by atoms with van der Waals surface area (Å²) in [6, 6.07) is 9.70. The highest BCUT2D eigenvalue weighted by atomic mass is 16.5. The Kier molecular flexibility index (Phi) is 7.28. The largest absolute Gasteiger partial charge is 0.390 e. The van der Waals surface area contributed by atoms with Gasteiger partial charge in [-0.1, -0.05) is 30.3 Å². The SMILES string of the molecule is O=C(CO)[C@@H](O)[C@H](O)CCCOCc1ccccc1.